The first kappa shape index (κ1) is 35.8. The van der Waals surface area contributed by atoms with E-state index in [1.165, 1.54) is 64.6 Å². The maximum absolute atomic E-state index is 6.29. The second kappa shape index (κ2) is 13.9. The van der Waals surface area contributed by atoms with Crippen molar-refractivity contribution in [3.63, 3.8) is 0 Å². The summed E-state index contributed by atoms with van der Waals surface area (Å²) >= 11 is 0. The third-order valence-electron chi connectivity index (χ3n) is 13.4. The van der Waals surface area contributed by atoms with Crippen LogP contribution in [0.3, 0.4) is 0 Å². The lowest BCUT2D eigenvalue weighted by molar-refractivity contribution is 0.631. The van der Waals surface area contributed by atoms with E-state index < -0.39 is 0 Å². The molecule has 0 bridgehead atoms. The monoisotopic (exact) mass is 825 g/mol. The van der Waals surface area contributed by atoms with Gasteiger partial charge in [-0.2, -0.15) is 0 Å². The summed E-state index contributed by atoms with van der Waals surface area (Å²) in [6.07, 6.45) is 0. The first-order valence-electron chi connectivity index (χ1n) is 22.1. The van der Waals surface area contributed by atoms with Crippen LogP contribution < -0.4 is 0 Å². The Kier molecular flexibility index (Phi) is 7.65. The van der Waals surface area contributed by atoms with Crippen molar-refractivity contribution >= 4 is 86.4 Å². The van der Waals surface area contributed by atoms with Crippen LogP contribution in [0.25, 0.3) is 143 Å². The van der Waals surface area contributed by atoms with E-state index in [1.54, 1.807) is 0 Å². The molecule has 0 atom stereocenters. The fourth-order valence-electron chi connectivity index (χ4n) is 10.5. The minimum absolute atomic E-state index is 0.595. The quantitative estimate of drug-likeness (QED) is 0.162. The van der Waals surface area contributed by atoms with Gasteiger partial charge in [0.25, 0.3) is 0 Å². The fraction of sp³-hybridized carbons (Fsp3) is 0. The molecular weight excluding hydrogens is 791 g/mol. The number of furan rings is 1. The van der Waals surface area contributed by atoms with Gasteiger partial charge in [0.2, 0.25) is 0 Å². The molecular formula is C61H35N3O. The molecule has 0 saturated carbocycles. The van der Waals surface area contributed by atoms with Crippen LogP contribution in [0.15, 0.2) is 217 Å². The van der Waals surface area contributed by atoms with Gasteiger partial charge in [0.05, 0.1) is 0 Å². The van der Waals surface area contributed by atoms with Crippen LogP contribution in [-0.4, -0.2) is 15.0 Å². The molecule has 14 rings (SSSR count). The zero-order valence-corrected chi connectivity index (χ0v) is 35.0. The molecule has 0 amide bonds. The van der Waals surface area contributed by atoms with Gasteiger partial charge in [0, 0.05) is 27.6 Å². The third-order valence-corrected chi connectivity index (χ3v) is 13.4. The molecule has 12 aromatic carbocycles. The molecule has 0 spiro atoms. The highest BCUT2D eigenvalue weighted by molar-refractivity contribution is 6.37. The lowest BCUT2D eigenvalue weighted by atomic mass is 9.86. The van der Waals surface area contributed by atoms with Crippen molar-refractivity contribution in [2.24, 2.45) is 0 Å². The van der Waals surface area contributed by atoms with Crippen molar-refractivity contribution in [1.82, 2.24) is 15.0 Å². The number of fused-ring (bicyclic) bond motifs is 4. The molecule has 14 aromatic rings. The summed E-state index contributed by atoms with van der Waals surface area (Å²) in [5.41, 5.74) is 6.87. The van der Waals surface area contributed by atoms with Crippen LogP contribution in [0.1, 0.15) is 0 Å². The molecule has 0 aliphatic rings. The summed E-state index contributed by atoms with van der Waals surface area (Å²) in [4.78, 5) is 15.6. The number of benzene rings is 11. The maximum atomic E-state index is 6.29. The summed E-state index contributed by atoms with van der Waals surface area (Å²) in [6.45, 7) is 0. The van der Waals surface area contributed by atoms with Gasteiger partial charge in [-0.15, -0.1) is 0 Å². The Morgan fingerprint density at radius 3 is 1.46 bits per heavy atom. The molecule has 2 aromatic heterocycles. The lowest BCUT2D eigenvalue weighted by Crippen LogP contribution is -2.01. The maximum Gasteiger partial charge on any atom is 0.164 e. The molecule has 0 saturated heterocycles. The smallest absolute Gasteiger partial charge is 0.164 e. The van der Waals surface area contributed by atoms with Crippen molar-refractivity contribution in [2.75, 3.05) is 0 Å². The number of nitrogens with zero attached hydrogens (tertiary/aromatic N) is 3. The largest absolute Gasteiger partial charge is 0.456 e. The molecule has 0 fully saturated rings. The molecule has 2 heterocycles. The van der Waals surface area contributed by atoms with E-state index in [-0.39, 0.29) is 0 Å². The normalized spacial score (nSPS) is 12.0. The Bertz CT molecular complexity index is 4210. The first-order valence-corrected chi connectivity index (χ1v) is 22.1. The minimum atomic E-state index is 0.595. The highest BCUT2D eigenvalue weighted by Crippen LogP contribution is 2.46. The summed E-state index contributed by atoms with van der Waals surface area (Å²) < 4.78 is 6.29. The zero-order valence-electron chi connectivity index (χ0n) is 35.0. The van der Waals surface area contributed by atoms with Crippen molar-refractivity contribution in [2.45, 2.75) is 0 Å². The average molecular weight is 826 g/mol. The van der Waals surface area contributed by atoms with Gasteiger partial charge in [0.15, 0.2) is 17.5 Å². The van der Waals surface area contributed by atoms with Crippen molar-refractivity contribution in [3.8, 4) is 56.6 Å². The predicted molar refractivity (Wildman–Crippen MR) is 271 cm³/mol. The van der Waals surface area contributed by atoms with E-state index in [4.69, 9.17) is 19.4 Å². The highest BCUT2D eigenvalue weighted by atomic mass is 16.3. The van der Waals surface area contributed by atoms with Crippen LogP contribution in [0, 0.1) is 0 Å². The van der Waals surface area contributed by atoms with E-state index >= 15 is 0 Å². The number of hydrogen-bond donors (Lipinski definition) is 0. The molecule has 0 N–H and O–H groups in total. The van der Waals surface area contributed by atoms with E-state index in [0.717, 1.165) is 60.9 Å². The van der Waals surface area contributed by atoms with Crippen LogP contribution >= 0.6 is 0 Å². The van der Waals surface area contributed by atoms with E-state index in [0.29, 0.717) is 17.5 Å². The van der Waals surface area contributed by atoms with E-state index in [2.05, 4.69) is 170 Å². The minimum Gasteiger partial charge on any atom is -0.456 e. The van der Waals surface area contributed by atoms with Gasteiger partial charge in [-0.3, -0.25) is 0 Å². The SMILES string of the molecule is c1ccc(-c2nc(-c3cccc(-c4cc5ccccc5o4)c3)nc(-c3ccc(-c4cc5ccc6cccc7c8cccc9ccc%10cccc(c(c4)c5c67)c%10c98)c4ccccc34)n2)cc1. The molecule has 0 unspecified atom stereocenters. The van der Waals surface area contributed by atoms with Gasteiger partial charge in [-0.1, -0.05) is 176 Å². The average Bonchev–Trinajstić information content (AvgIpc) is 3.82. The number of hydrogen-bond acceptors (Lipinski definition) is 4. The summed E-state index contributed by atoms with van der Waals surface area (Å²) in [5, 5.41) is 18.5. The molecule has 0 radical (unpaired) electrons. The summed E-state index contributed by atoms with van der Waals surface area (Å²) in [6, 6.07) is 76.0. The number of para-hydroxylation sites is 1. The standard InChI is InChI=1S/C61H35N3O/c1-2-12-39(13-3-1)59-62-60(43-19-8-18-40(32-43)54-35-41-14-4-7-25-53(41)65-54)64-61(63-59)51-31-30-45(46-20-5-6-21-47(46)51)44-33-42-29-28-38-16-10-23-49-48-22-9-15-36-26-27-37-17-11-24-50(57(37)55(36)48)52(34-44)58(42)56(38)49/h1-35H. The highest BCUT2D eigenvalue weighted by Gasteiger charge is 2.20. The Balaban J connectivity index is 0.995. The number of rotatable bonds is 5. The molecule has 0 aliphatic heterocycles. The second-order valence-corrected chi connectivity index (χ2v) is 17.1. The first-order chi connectivity index (χ1) is 32.2. The summed E-state index contributed by atoms with van der Waals surface area (Å²) in [7, 11) is 0. The van der Waals surface area contributed by atoms with Crippen molar-refractivity contribution < 1.29 is 4.42 Å². The van der Waals surface area contributed by atoms with Gasteiger partial charge < -0.3 is 4.42 Å². The molecule has 4 nitrogen and oxygen atoms in total. The van der Waals surface area contributed by atoms with Gasteiger partial charge >= 0.3 is 0 Å². The van der Waals surface area contributed by atoms with Crippen molar-refractivity contribution in [1.29, 1.82) is 0 Å². The molecule has 0 aliphatic carbocycles. The fourth-order valence-corrected chi connectivity index (χ4v) is 10.5. The molecule has 65 heavy (non-hydrogen) atoms. The van der Waals surface area contributed by atoms with Gasteiger partial charge in [-0.05, 0) is 123 Å². The summed E-state index contributed by atoms with van der Waals surface area (Å²) in [5.74, 6) is 2.63. The third kappa shape index (κ3) is 5.54. The second-order valence-electron chi connectivity index (χ2n) is 17.1. The lowest BCUT2D eigenvalue weighted by Gasteiger charge is -2.18. The Hall–Kier alpha value is -8.73. The molecule has 4 heteroatoms. The topological polar surface area (TPSA) is 51.8 Å². The van der Waals surface area contributed by atoms with Crippen molar-refractivity contribution in [3.05, 3.63) is 212 Å². The van der Waals surface area contributed by atoms with Crippen LogP contribution in [0.2, 0.25) is 0 Å². The zero-order chi connectivity index (χ0) is 42.6. The van der Waals surface area contributed by atoms with Crippen LogP contribution in [0.4, 0.5) is 0 Å². The van der Waals surface area contributed by atoms with Crippen LogP contribution in [-0.2, 0) is 0 Å². The van der Waals surface area contributed by atoms with E-state index in [1.807, 2.05) is 42.5 Å². The van der Waals surface area contributed by atoms with E-state index in [9.17, 15) is 0 Å². The molecule has 300 valence electrons. The van der Waals surface area contributed by atoms with Gasteiger partial charge in [-0.25, -0.2) is 15.0 Å². The Morgan fingerprint density at radius 1 is 0.262 bits per heavy atom. The Labute approximate surface area is 373 Å². The van der Waals surface area contributed by atoms with Gasteiger partial charge in [0.1, 0.15) is 11.3 Å². The predicted octanol–water partition coefficient (Wildman–Crippen LogP) is 16.5. The van der Waals surface area contributed by atoms with Crippen LogP contribution in [0.5, 0.6) is 0 Å². The number of aromatic nitrogens is 3. The Morgan fingerprint density at radius 2 is 0.754 bits per heavy atom.